The molecule has 8 nitrogen and oxygen atoms in total. The Morgan fingerprint density at radius 2 is 1.16 bits per heavy atom. The Morgan fingerprint density at radius 3 is 1.56 bits per heavy atom. The Labute approximate surface area is 256 Å². The number of fused-ring (bicyclic) bond motifs is 2. The van der Waals surface area contributed by atoms with Gasteiger partial charge in [0.2, 0.25) is 0 Å². The highest BCUT2D eigenvalue weighted by molar-refractivity contribution is 5.87. The van der Waals surface area contributed by atoms with Crippen molar-refractivity contribution in [2.75, 3.05) is 39.8 Å². The maximum Gasteiger partial charge on any atom is 0.333 e. The monoisotopic (exact) mass is 590 g/mol. The van der Waals surface area contributed by atoms with E-state index in [1.54, 1.807) is 13.8 Å². The van der Waals surface area contributed by atoms with Crippen LogP contribution in [0.1, 0.15) is 75.6 Å². The van der Waals surface area contributed by atoms with Crippen molar-refractivity contribution in [1.29, 1.82) is 0 Å². The van der Waals surface area contributed by atoms with Crippen LogP contribution in [0.2, 0.25) is 0 Å². The summed E-state index contributed by atoms with van der Waals surface area (Å²) in [6, 6.07) is 13.1. The smallest absolute Gasteiger partial charge is 0.333 e. The molecule has 2 aromatic carbocycles. The minimum Gasteiger partial charge on any atom is -0.478 e. The zero-order chi connectivity index (χ0) is 31.0. The Bertz CT molecular complexity index is 1230. The molecule has 43 heavy (non-hydrogen) atoms. The van der Waals surface area contributed by atoms with Gasteiger partial charge in [-0.2, -0.15) is 0 Å². The van der Waals surface area contributed by atoms with Gasteiger partial charge in [-0.15, -0.1) is 0 Å². The fourth-order valence-corrected chi connectivity index (χ4v) is 5.26. The molecule has 2 aliphatic rings. The lowest BCUT2D eigenvalue weighted by Gasteiger charge is -2.33. The SMILES string of the molecule is C=C(C)C(=O)OCCCCN1COc2ccc(C(C)(C)c3ccc4c(c3)CN(CCCCOC(=O)C(=C)C)CO4)cc2C1. The largest absolute Gasteiger partial charge is 0.478 e. The standard InChI is InChI=1S/C35H46N2O6/c1-25(2)33(38)40-17-9-7-15-36-21-27-19-29(11-13-31(27)42-23-36)35(5,6)30-12-14-32-28(20-30)22-37(24-43-32)16-8-10-18-41-34(39)26(3)4/h11-14,19-20H,1,3,7-10,15-18,21-24H2,2,4-6H3. The molecule has 0 atom stereocenters. The van der Waals surface area contributed by atoms with Gasteiger partial charge >= 0.3 is 11.9 Å². The summed E-state index contributed by atoms with van der Waals surface area (Å²) in [5.41, 5.74) is 5.49. The summed E-state index contributed by atoms with van der Waals surface area (Å²) < 4.78 is 22.6. The third-order valence-corrected chi connectivity index (χ3v) is 8.06. The number of unbranched alkanes of at least 4 members (excludes halogenated alkanes) is 2. The van der Waals surface area contributed by atoms with Crippen LogP contribution in [0.5, 0.6) is 11.5 Å². The fourth-order valence-electron chi connectivity index (χ4n) is 5.26. The molecule has 0 amide bonds. The second kappa shape index (κ2) is 14.7. The highest BCUT2D eigenvalue weighted by Gasteiger charge is 2.28. The van der Waals surface area contributed by atoms with Gasteiger partial charge in [0, 0.05) is 53.9 Å². The lowest BCUT2D eigenvalue weighted by atomic mass is 9.77. The maximum atomic E-state index is 11.6. The van der Waals surface area contributed by atoms with E-state index in [9.17, 15) is 9.59 Å². The molecule has 0 bridgehead atoms. The van der Waals surface area contributed by atoms with Crippen LogP contribution < -0.4 is 9.47 Å². The first-order valence-electron chi connectivity index (χ1n) is 15.2. The molecular formula is C35H46N2O6. The third-order valence-electron chi connectivity index (χ3n) is 8.06. The number of hydrogen-bond donors (Lipinski definition) is 0. The van der Waals surface area contributed by atoms with Gasteiger partial charge in [0.1, 0.15) is 25.0 Å². The summed E-state index contributed by atoms with van der Waals surface area (Å²) in [6.07, 6.45) is 3.45. The molecule has 0 saturated heterocycles. The second-order valence-corrected chi connectivity index (χ2v) is 12.2. The zero-order valence-electron chi connectivity index (χ0n) is 26.2. The zero-order valence-corrected chi connectivity index (χ0v) is 26.2. The van der Waals surface area contributed by atoms with Gasteiger partial charge < -0.3 is 18.9 Å². The average Bonchev–Trinajstić information content (AvgIpc) is 2.99. The number of esters is 2. The van der Waals surface area contributed by atoms with E-state index in [2.05, 4.69) is 73.2 Å². The molecular weight excluding hydrogens is 544 g/mol. The molecule has 0 radical (unpaired) electrons. The molecule has 2 aliphatic heterocycles. The predicted molar refractivity (Wildman–Crippen MR) is 167 cm³/mol. The number of nitrogens with zero attached hydrogens (tertiary/aromatic N) is 2. The van der Waals surface area contributed by atoms with Crippen LogP contribution >= 0.6 is 0 Å². The van der Waals surface area contributed by atoms with Crippen molar-refractivity contribution in [2.24, 2.45) is 0 Å². The molecule has 0 fully saturated rings. The lowest BCUT2D eigenvalue weighted by molar-refractivity contribution is -0.139. The van der Waals surface area contributed by atoms with E-state index in [1.807, 2.05) is 0 Å². The number of hydrogen-bond acceptors (Lipinski definition) is 8. The highest BCUT2D eigenvalue weighted by Crippen LogP contribution is 2.38. The van der Waals surface area contributed by atoms with E-state index in [4.69, 9.17) is 18.9 Å². The van der Waals surface area contributed by atoms with Gasteiger partial charge in [-0.05, 0) is 74.9 Å². The van der Waals surface area contributed by atoms with Crippen molar-refractivity contribution in [2.45, 2.75) is 71.9 Å². The van der Waals surface area contributed by atoms with Gasteiger partial charge in [0.25, 0.3) is 0 Å². The molecule has 0 spiro atoms. The van der Waals surface area contributed by atoms with Gasteiger partial charge in [-0.25, -0.2) is 9.59 Å². The Balaban J connectivity index is 1.32. The lowest BCUT2D eigenvalue weighted by Crippen LogP contribution is -2.33. The number of ether oxygens (including phenoxy) is 4. The van der Waals surface area contributed by atoms with E-state index in [0.29, 0.717) is 37.8 Å². The molecule has 0 aromatic heterocycles. The van der Waals surface area contributed by atoms with Crippen molar-refractivity contribution in [3.8, 4) is 11.5 Å². The first-order valence-corrected chi connectivity index (χ1v) is 15.2. The Morgan fingerprint density at radius 1 is 0.744 bits per heavy atom. The summed E-state index contributed by atoms with van der Waals surface area (Å²) in [6.45, 7) is 20.4. The van der Waals surface area contributed by atoms with Crippen molar-refractivity contribution in [1.82, 2.24) is 9.80 Å². The highest BCUT2D eigenvalue weighted by atomic mass is 16.5. The van der Waals surface area contributed by atoms with Gasteiger partial charge in [-0.3, -0.25) is 9.80 Å². The number of rotatable bonds is 14. The van der Waals surface area contributed by atoms with Crippen LogP contribution in [0.15, 0.2) is 60.7 Å². The van der Waals surface area contributed by atoms with Crippen LogP contribution in [-0.4, -0.2) is 61.5 Å². The van der Waals surface area contributed by atoms with Crippen molar-refractivity contribution in [3.05, 3.63) is 83.0 Å². The number of benzene rings is 2. The minimum atomic E-state index is -0.329. The van der Waals surface area contributed by atoms with Crippen molar-refractivity contribution in [3.63, 3.8) is 0 Å². The molecule has 2 aromatic rings. The first kappa shape index (κ1) is 32.3. The van der Waals surface area contributed by atoms with Gasteiger partial charge in [-0.1, -0.05) is 39.1 Å². The fraction of sp³-hybridized carbons (Fsp3) is 0.486. The van der Waals surface area contributed by atoms with E-state index < -0.39 is 0 Å². The van der Waals surface area contributed by atoms with Crippen LogP contribution in [0.3, 0.4) is 0 Å². The summed E-state index contributed by atoms with van der Waals surface area (Å²) in [5, 5.41) is 0. The molecule has 2 heterocycles. The van der Waals surface area contributed by atoms with Gasteiger partial charge in [0.05, 0.1) is 13.2 Å². The Hall–Kier alpha value is -3.62. The van der Waals surface area contributed by atoms with Crippen molar-refractivity contribution >= 4 is 11.9 Å². The molecule has 8 heteroatoms. The molecule has 0 saturated carbocycles. The van der Waals surface area contributed by atoms with E-state index in [0.717, 1.165) is 63.4 Å². The molecule has 0 N–H and O–H groups in total. The maximum absolute atomic E-state index is 11.6. The average molecular weight is 591 g/mol. The quantitative estimate of drug-likeness (QED) is 0.148. The van der Waals surface area contributed by atoms with E-state index >= 15 is 0 Å². The second-order valence-electron chi connectivity index (χ2n) is 12.2. The first-order chi connectivity index (χ1) is 20.5. The number of carbonyl (C=O) groups excluding carboxylic acids is 2. The third kappa shape index (κ3) is 8.71. The molecule has 0 aliphatic carbocycles. The predicted octanol–water partition coefficient (Wildman–Crippen LogP) is 6.12. The minimum absolute atomic E-state index is 0.213. The normalized spacial score (nSPS) is 15.0. The van der Waals surface area contributed by atoms with Crippen LogP contribution in [-0.2, 0) is 37.6 Å². The summed E-state index contributed by atoms with van der Waals surface area (Å²) >= 11 is 0. The van der Waals surface area contributed by atoms with E-state index in [-0.39, 0.29) is 17.4 Å². The van der Waals surface area contributed by atoms with E-state index in [1.165, 1.54) is 22.3 Å². The van der Waals surface area contributed by atoms with Crippen LogP contribution in [0, 0.1) is 0 Å². The van der Waals surface area contributed by atoms with Crippen molar-refractivity contribution < 1.29 is 28.5 Å². The molecule has 0 unspecified atom stereocenters. The topological polar surface area (TPSA) is 77.5 Å². The van der Waals surface area contributed by atoms with Gasteiger partial charge in [0.15, 0.2) is 0 Å². The summed E-state index contributed by atoms with van der Waals surface area (Å²) in [4.78, 5) is 27.7. The molecule has 4 rings (SSSR count). The Kier molecular flexibility index (Phi) is 11.0. The number of carbonyl (C=O) groups is 2. The summed E-state index contributed by atoms with van der Waals surface area (Å²) in [5.74, 6) is 1.22. The molecule has 232 valence electrons. The summed E-state index contributed by atoms with van der Waals surface area (Å²) in [7, 11) is 0. The van der Waals surface area contributed by atoms with Crippen LogP contribution in [0.25, 0.3) is 0 Å². The van der Waals surface area contributed by atoms with Crippen LogP contribution in [0.4, 0.5) is 0 Å².